The number of hydrogen-bond acceptors (Lipinski definition) is 4. The summed E-state index contributed by atoms with van der Waals surface area (Å²) >= 11 is 5.87. The number of carbonyl (C=O) groups is 1. The van der Waals surface area contributed by atoms with Crippen molar-refractivity contribution < 1.29 is 27.8 Å². The minimum atomic E-state index is -4.75. The van der Waals surface area contributed by atoms with Crippen molar-refractivity contribution in [1.82, 2.24) is 9.13 Å². The lowest BCUT2D eigenvalue weighted by Gasteiger charge is -2.15. The van der Waals surface area contributed by atoms with Crippen LogP contribution in [0.15, 0.2) is 58.3 Å². The molecular formula is C20H14ClF3N2O5. The van der Waals surface area contributed by atoms with Crippen molar-refractivity contribution in [2.75, 3.05) is 7.11 Å². The normalized spacial score (nSPS) is 11.4. The highest BCUT2D eigenvalue weighted by Gasteiger charge is 2.34. The van der Waals surface area contributed by atoms with Gasteiger partial charge in [0.2, 0.25) is 0 Å². The average molecular weight is 455 g/mol. The van der Waals surface area contributed by atoms with Gasteiger partial charge >= 0.3 is 17.8 Å². The highest BCUT2D eigenvalue weighted by molar-refractivity contribution is 6.32. The van der Waals surface area contributed by atoms with Gasteiger partial charge < -0.3 is 9.84 Å². The predicted molar refractivity (Wildman–Crippen MR) is 105 cm³/mol. The molecule has 3 aromatic rings. The number of carboxylic acid groups (broad SMARTS) is 1. The summed E-state index contributed by atoms with van der Waals surface area (Å²) in [6, 6.07) is 9.00. The van der Waals surface area contributed by atoms with Crippen molar-refractivity contribution in [3.8, 4) is 11.4 Å². The second-order valence-corrected chi connectivity index (χ2v) is 6.74. The molecule has 0 saturated carbocycles. The lowest BCUT2D eigenvalue weighted by Crippen LogP contribution is -2.42. The number of ether oxygens (including phenoxy) is 1. The molecular weight excluding hydrogens is 441 g/mol. The first-order valence-electron chi connectivity index (χ1n) is 8.63. The fourth-order valence-corrected chi connectivity index (χ4v) is 3.20. The van der Waals surface area contributed by atoms with Crippen LogP contribution in [0.3, 0.4) is 0 Å². The van der Waals surface area contributed by atoms with Gasteiger partial charge in [-0.3, -0.25) is 13.9 Å². The van der Waals surface area contributed by atoms with E-state index in [0.29, 0.717) is 10.3 Å². The zero-order valence-corrected chi connectivity index (χ0v) is 16.6. The summed E-state index contributed by atoms with van der Waals surface area (Å²) in [6.07, 6.45) is -3.89. The molecule has 2 aromatic carbocycles. The number of nitrogens with zero attached hydrogens (tertiary/aromatic N) is 2. The molecule has 0 saturated heterocycles. The molecule has 0 atom stereocenters. The van der Waals surface area contributed by atoms with Crippen molar-refractivity contribution in [2.24, 2.45) is 0 Å². The smallest absolute Gasteiger partial charge is 0.417 e. The quantitative estimate of drug-likeness (QED) is 0.638. The second-order valence-electron chi connectivity index (χ2n) is 6.37. The summed E-state index contributed by atoms with van der Waals surface area (Å²) in [4.78, 5) is 37.1. The molecule has 0 aliphatic rings. The molecule has 3 rings (SSSR count). The minimum Gasteiger partial charge on any atom is -0.497 e. The number of methoxy groups -OCH3 is 1. The Kier molecular flexibility index (Phi) is 5.94. The highest BCUT2D eigenvalue weighted by atomic mass is 35.5. The maximum atomic E-state index is 13.1. The van der Waals surface area contributed by atoms with Crippen LogP contribution >= 0.6 is 11.6 Å². The first kappa shape index (κ1) is 22.2. The van der Waals surface area contributed by atoms with E-state index < -0.39 is 46.1 Å². The SMILES string of the molecule is COc1ccc(-n2cc(C(=O)O)c(=O)n(Cc3cccc(C(F)(F)F)c3Cl)c2=O)cc1. The van der Waals surface area contributed by atoms with Gasteiger partial charge in [0.1, 0.15) is 11.3 Å². The molecule has 162 valence electrons. The Morgan fingerprint density at radius 3 is 2.32 bits per heavy atom. The van der Waals surface area contributed by atoms with Crippen molar-refractivity contribution >= 4 is 17.6 Å². The van der Waals surface area contributed by atoms with Gasteiger partial charge in [-0.1, -0.05) is 23.7 Å². The molecule has 0 radical (unpaired) electrons. The zero-order valence-electron chi connectivity index (χ0n) is 15.8. The summed E-state index contributed by atoms with van der Waals surface area (Å²) in [5.41, 5.74) is -3.94. The van der Waals surface area contributed by atoms with Crippen LogP contribution in [0.25, 0.3) is 5.69 Å². The van der Waals surface area contributed by atoms with Crippen LogP contribution in [0.2, 0.25) is 5.02 Å². The number of carboxylic acids is 1. The molecule has 0 aliphatic heterocycles. The Hall–Kier alpha value is -3.53. The number of aromatic carboxylic acids is 1. The Labute approximate surface area is 177 Å². The first-order chi connectivity index (χ1) is 14.5. The van der Waals surface area contributed by atoms with Crippen LogP contribution < -0.4 is 16.0 Å². The summed E-state index contributed by atoms with van der Waals surface area (Å²) < 4.78 is 45.9. The minimum absolute atomic E-state index is 0.167. The van der Waals surface area contributed by atoms with Crippen molar-refractivity contribution in [2.45, 2.75) is 12.7 Å². The maximum Gasteiger partial charge on any atom is 0.417 e. The van der Waals surface area contributed by atoms with Crippen molar-refractivity contribution in [3.63, 3.8) is 0 Å². The van der Waals surface area contributed by atoms with Gasteiger partial charge in [-0.05, 0) is 35.9 Å². The van der Waals surface area contributed by atoms with E-state index in [9.17, 15) is 32.7 Å². The first-order valence-corrected chi connectivity index (χ1v) is 9.01. The van der Waals surface area contributed by atoms with Crippen LogP contribution in [-0.2, 0) is 12.7 Å². The standard InChI is InChI=1S/C20H14ClF3N2O5/c1-31-13-7-5-12(6-8-13)25-10-14(18(28)29)17(27)26(19(25)30)9-11-3-2-4-15(16(11)21)20(22,23)24/h2-8,10H,9H2,1H3,(H,28,29). The summed E-state index contributed by atoms with van der Waals surface area (Å²) in [5.74, 6) is -1.13. The number of alkyl halides is 3. The van der Waals surface area contributed by atoms with E-state index in [1.807, 2.05) is 0 Å². The molecule has 11 heteroatoms. The highest BCUT2D eigenvalue weighted by Crippen LogP contribution is 2.36. The lowest BCUT2D eigenvalue weighted by molar-refractivity contribution is -0.137. The fraction of sp³-hybridized carbons (Fsp3) is 0.150. The molecule has 31 heavy (non-hydrogen) atoms. The molecule has 7 nitrogen and oxygen atoms in total. The molecule has 0 fully saturated rings. The molecule has 1 heterocycles. The topological polar surface area (TPSA) is 90.5 Å². The van der Waals surface area contributed by atoms with Gasteiger partial charge in [0.05, 0.1) is 29.9 Å². The summed E-state index contributed by atoms with van der Waals surface area (Å²) in [6.45, 7) is -0.655. The van der Waals surface area contributed by atoms with E-state index in [4.69, 9.17) is 16.3 Å². The van der Waals surface area contributed by atoms with Gasteiger partial charge in [-0.15, -0.1) is 0 Å². The van der Waals surface area contributed by atoms with E-state index in [-0.39, 0.29) is 11.3 Å². The number of halogens is 4. The molecule has 0 amide bonds. The largest absolute Gasteiger partial charge is 0.497 e. The average Bonchev–Trinajstić information content (AvgIpc) is 2.71. The van der Waals surface area contributed by atoms with Gasteiger partial charge in [0, 0.05) is 6.20 Å². The van der Waals surface area contributed by atoms with Crippen LogP contribution in [0.1, 0.15) is 21.5 Å². The molecule has 0 unspecified atom stereocenters. The second kappa shape index (κ2) is 8.31. The van der Waals surface area contributed by atoms with E-state index in [2.05, 4.69) is 0 Å². The molecule has 0 bridgehead atoms. The van der Waals surface area contributed by atoms with Crippen LogP contribution in [0.5, 0.6) is 5.75 Å². The van der Waals surface area contributed by atoms with Crippen molar-refractivity contribution in [3.05, 3.63) is 91.2 Å². The van der Waals surface area contributed by atoms with Crippen molar-refractivity contribution in [1.29, 1.82) is 0 Å². The van der Waals surface area contributed by atoms with E-state index in [1.54, 1.807) is 0 Å². The molecule has 1 N–H and O–H groups in total. The zero-order chi connectivity index (χ0) is 22.9. The van der Waals surface area contributed by atoms with E-state index >= 15 is 0 Å². The number of hydrogen-bond donors (Lipinski definition) is 1. The van der Waals surface area contributed by atoms with Crippen LogP contribution in [0.4, 0.5) is 13.2 Å². The third-order valence-electron chi connectivity index (χ3n) is 4.46. The van der Waals surface area contributed by atoms with E-state index in [0.717, 1.165) is 22.9 Å². The Morgan fingerprint density at radius 2 is 1.77 bits per heavy atom. The van der Waals surface area contributed by atoms with E-state index in [1.165, 1.54) is 37.4 Å². The number of benzene rings is 2. The van der Waals surface area contributed by atoms with Gasteiger partial charge in [-0.2, -0.15) is 13.2 Å². The molecule has 0 aliphatic carbocycles. The fourth-order valence-electron chi connectivity index (χ4n) is 2.91. The Morgan fingerprint density at radius 1 is 1.13 bits per heavy atom. The number of aromatic nitrogens is 2. The van der Waals surface area contributed by atoms with Gasteiger partial charge in [0.25, 0.3) is 5.56 Å². The van der Waals surface area contributed by atoms with Gasteiger partial charge in [-0.25, -0.2) is 9.59 Å². The Balaban J connectivity index is 2.21. The summed E-state index contributed by atoms with van der Waals surface area (Å²) in [5, 5.41) is 8.70. The third kappa shape index (κ3) is 4.33. The summed E-state index contributed by atoms with van der Waals surface area (Å²) in [7, 11) is 1.43. The molecule has 0 spiro atoms. The predicted octanol–water partition coefficient (Wildman–Crippen LogP) is 3.43. The van der Waals surface area contributed by atoms with Crippen LogP contribution in [0, 0.1) is 0 Å². The lowest BCUT2D eigenvalue weighted by atomic mass is 10.1. The monoisotopic (exact) mass is 454 g/mol. The maximum absolute atomic E-state index is 13.1. The van der Waals surface area contributed by atoms with Crippen LogP contribution in [-0.4, -0.2) is 27.3 Å². The van der Waals surface area contributed by atoms with Gasteiger partial charge in [0.15, 0.2) is 0 Å². The third-order valence-corrected chi connectivity index (χ3v) is 4.91. The Bertz CT molecular complexity index is 1260. The number of rotatable bonds is 5. The molecule has 1 aromatic heterocycles.